The largest absolute Gasteiger partial charge is 0.494 e. The highest BCUT2D eigenvalue weighted by Crippen LogP contribution is 2.24. The predicted octanol–water partition coefficient (Wildman–Crippen LogP) is 2.95. The maximum atomic E-state index is 11.2. The second-order valence-electron chi connectivity index (χ2n) is 4.42. The van der Waals surface area contributed by atoms with Crippen LogP contribution in [0.2, 0.25) is 0 Å². The zero-order chi connectivity index (χ0) is 15.2. The van der Waals surface area contributed by atoms with Crippen molar-refractivity contribution in [3.8, 4) is 5.75 Å². The Kier molecular flexibility index (Phi) is 6.29. The second-order valence-corrected chi connectivity index (χ2v) is 6.95. The summed E-state index contributed by atoms with van der Waals surface area (Å²) in [4.78, 5) is 10.4. The van der Waals surface area contributed by atoms with E-state index >= 15 is 0 Å². The van der Waals surface area contributed by atoms with Gasteiger partial charge in [0.2, 0.25) is 0 Å². The van der Waals surface area contributed by atoms with Gasteiger partial charge in [0, 0.05) is 17.1 Å². The fraction of sp³-hybridized carbons (Fsp3) is 0.462. The van der Waals surface area contributed by atoms with Crippen molar-refractivity contribution in [2.24, 2.45) is 0 Å². The SMILES string of the molecule is Cc1cc(OCCCCCC(=O)O)ccc1S(=O)(=O)Cl. The molecule has 1 rings (SSSR count). The summed E-state index contributed by atoms with van der Waals surface area (Å²) in [6.45, 7) is 2.11. The molecule has 0 radical (unpaired) electrons. The van der Waals surface area contributed by atoms with Crippen LogP contribution >= 0.6 is 10.7 Å². The lowest BCUT2D eigenvalue weighted by Crippen LogP contribution is -2.00. The summed E-state index contributed by atoms with van der Waals surface area (Å²) < 4.78 is 27.9. The van der Waals surface area contributed by atoms with Crippen LogP contribution in [-0.4, -0.2) is 26.1 Å². The Labute approximate surface area is 122 Å². The molecule has 7 heteroatoms. The zero-order valence-corrected chi connectivity index (χ0v) is 12.7. The van der Waals surface area contributed by atoms with Crippen LogP contribution in [0, 0.1) is 6.92 Å². The lowest BCUT2D eigenvalue weighted by atomic mass is 10.2. The number of aliphatic carboxylic acids is 1. The molecule has 0 saturated carbocycles. The Bertz CT molecular complexity index is 568. The van der Waals surface area contributed by atoms with Gasteiger partial charge >= 0.3 is 5.97 Å². The van der Waals surface area contributed by atoms with Crippen molar-refractivity contribution in [1.29, 1.82) is 0 Å². The molecule has 5 nitrogen and oxygen atoms in total. The van der Waals surface area contributed by atoms with Gasteiger partial charge in [0.1, 0.15) is 5.75 Å². The molecule has 1 aromatic carbocycles. The summed E-state index contributed by atoms with van der Waals surface area (Å²) in [5.74, 6) is -0.218. The first-order valence-electron chi connectivity index (χ1n) is 6.20. The van der Waals surface area contributed by atoms with Gasteiger partial charge in [-0.3, -0.25) is 4.79 Å². The summed E-state index contributed by atoms with van der Waals surface area (Å²) in [5, 5.41) is 8.48. The van der Waals surface area contributed by atoms with Gasteiger partial charge in [0.15, 0.2) is 0 Å². The van der Waals surface area contributed by atoms with E-state index in [1.165, 1.54) is 6.07 Å². The lowest BCUT2D eigenvalue weighted by molar-refractivity contribution is -0.137. The van der Waals surface area contributed by atoms with Crippen molar-refractivity contribution in [2.45, 2.75) is 37.5 Å². The van der Waals surface area contributed by atoms with E-state index in [2.05, 4.69) is 0 Å². The van der Waals surface area contributed by atoms with Crippen LogP contribution < -0.4 is 4.74 Å². The monoisotopic (exact) mass is 320 g/mol. The fourth-order valence-corrected chi connectivity index (χ4v) is 2.92. The summed E-state index contributed by atoms with van der Waals surface area (Å²) in [6, 6.07) is 4.59. The molecular weight excluding hydrogens is 304 g/mol. The van der Waals surface area contributed by atoms with Crippen LogP contribution in [0.15, 0.2) is 23.1 Å². The summed E-state index contributed by atoms with van der Waals surface area (Å²) in [7, 11) is 1.56. The summed E-state index contributed by atoms with van der Waals surface area (Å²) >= 11 is 0. The maximum Gasteiger partial charge on any atom is 0.303 e. The van der Waals surface area contributed by atoms with Gasteiger partial charge in [-0.05, 0) is 49.9 Å². The minimum absolute atomic E-state index is 0.0768. The molecule has 0 aliphatic rings. The molecule has 20 heavy (non-hydrogen) atoms. The lowest BCUT2D eigenvalue weighted by Gasteiger charge is -2.08. The van der Waals surface area contributed by atoms with Crippen LogP contribution in [0.25, 0.3) is 0 Å². The van der Waals surface area contributed by atoms with E-state index in [4.69, 9.17) is 20.5 Å². The highest BCUT2D eigenvalue weighted by Gasteiger charge is 2.13. The Balaban J connectivity index is 2.42. The van der Waals surface area contributed by atoms with Crippen LogP contribution in [-0.2, 0) is 13.8 Å². The van der Waals surface area contributed by atoms with Gasteiger partial charge < -0.3 is 9.84 Å². The molecule has 0 aliphatic carbocycles. The number of hydrogen-bond acceptors (Lipinski definition) is 4. The second kappa shape index (κ2) is 7.50. The number of rotatable bonds is 8. The molecule has 0 fully saturated rings. The van der Waals surface area contributed by atoms with Gasteiger partial charge in [-0.2, -0.15) is 0 Å². The number of carboxylic acids is 1. The van der Waals surface area contributed by atoms with E-state index in [1.807, 2.05) is 0 Å². The Morgan fingerprint density at radius 2 is 2.00 bits per heavy atom. The van der Waals surface area contributed by atoms with Crippen LogP contribution in [0.4, 0.5) is 0 Å². The molecule has 1 N–H and O–H groups in total. The van der Waals surface area contributed by atoms with E-state index in [0.29, 0.717) is 24.3 Å². The number of carbonyl (C=O) groups is 1. The summed E-state index contributed by atoms with van der Waals surface area (Å²) in [5.41, 5.74) is 0.531. The number of benzene rings is 1. The topological polar surface area (TPSA) is 80.7 Å². The van der Waals surface area contributed by atoms with Crippen LogP contribution in [0.5, 0.6) is 5.75 Å². The molecule has 0 heterocycles. The van der Waals surface area contributed by atoms with E-state index in [0.717, 1.165) is 12.8 Å². The maximum absolute atomic E-state index is 11.2. The first kappa shape index (κ1) is 16.8. The number of ether oxygens (including phenoxy) is 1. The fourth-order valence-electron chi connectivity index (χ4n) is 1.73. The van der Waals surface area contributed by atoms with Crippen molar-refractivity contribution >= 4 is 25.7 Å². The van der Waals surface area contributed by atoms with E-state index < -0.39 is 15.0 Å². The third-order valence-corrected chi connectivity index (χ3v) is 4.19. The Morgan fingerprint density at radius 1 is 1.30 bits per heavy atom. The van der Waals surface area contributed by atoms with Gasteiger partial charge in [-0.1, -0.05) is 0 Å². The van der Waals surface area contributed by atoms with Crippen molar-refractivity contribution in [2.75, 3.05) is 6.61 Å². The van der Waals surface area contributed by atoms with Gasteiger partial charge in [-0.15, -0.1) is 0 Å². The molecule has 0 unspecified atom stereocenters. The number of carboxylic acid groups (broad SMARTS) is 1. The molecular formula is C13H17ClO5S. The third-order valence-electron chi connectivity index (χ3n) is 2.71. The third kappa shape index (κ3) is 5.79. The average Bonchev–Trinajstić information content (AvgIpc) is 2.31. The highest BCUT2D eigenvalue weighted by molar-refractivity contribution is 8.13. The molecule has 0 spiro atoms. The minimum atomic E-state index is -3.73. The molecule has 0 atom stereocenters. The molecule has 0 bridgehead atoms. The number of hydrogen-bond donors (Lipinski definition) is 1. The number of unbranched alkanes of at least 4 members (excludes halogenated alkanes) is 2. The first-order valence-corrected chi connectivity index (χ1v) is 8.51. The molecule has 0 saturated heterocycles. The Morgan fingerprint density at radius 3 is 2.55 bits per heavy atom. The van der Waals surface area contributed by atoms with E-state index in [1.54, 1.807) is 19.1 Å². The highest BCUT2D eigenvalue weighted by atomic mass is 35.7. The molecule has 0 amide bonds. The predicted molar refractivity (Wildman–Crippen MR) is 75.8 cm³/mol. The summed E-state index contributed by atoms with van der Waals surface area (Å²) in [6.07, 6.45) is 2.32. The average molecular weight is 321 g/mol. The van der Waals surface area contributed by atoms with Crippen LogP contribution in [0.3, 0.4) is 0 Å². The van der Waals surface area contributed by atoms with E-state index in [9.17, 15) is 13.2 Å². The van der Waals surface area contributed by atoms with Gasteiger partial charge in [-0.25, -0.2) is 8.42 Å². The van der Waals surface area contributed by atoms with Crippen molar-refractivity contribution in [3.05, 3.63) is 23.8 Å². The Hall–Kier alpha value is -1.27. The number of aryl methyl sites for hydroxylation is 1. The van der Waals surface area contributed by atoms with Gasteiger partial charge in [0.25, 0.3) is 9.05 Å². The smallest absolute Gasteiger partial charge is 0.303 e. The van der Waals surface area contributed by atoms with Crippen molar-refractivity contribution in [1.82, 2.24) is 0 Å². The quantitative estimate of drug-likeness (QED) is 0.588. The standard InChI is InChI=1S/C13H17ClO5S/c1-10-9-11(6-7-12(10)20(14,17)18)19-8-4-2-3-5-13(15)16/h6-7,9H,2-5,8H2,1H3,(H,15,16). The minimum Gasteiger partial charge on any atom is -0.494 e. The van der Waals surface area contributed by atoms with Crippen molar-refractivity contribution < 1.29 is 23.1 Å². The molecule has 1 aromatic rings. The molecule has 0 aromatic heterocycles. The van der Waals surface area contributed by atoms with Crippen molar-refractivity contribution in [3.63, 3.8) is 0 Å². The van der Waals surface area contributed by atoms with E-state index in [-0.39, 0.29) is 11.3 Å². The van der Waals surface area contributed by atoms with Gasteiger partial charge in [0.05, 0.1) is 11.5 Å². The molecule has 0 aliphatic heterocycles. The first-order chi connectivity index (χ1) is 9.30. The zero-order valence-electron chi connectivity index (χ0n) is 11.1. The normalized spacial score (nSPS) is 11.3. The molecule has 112 valence electrons. The van der Waals surface area contributed by atoms with Crippen LogP contribution in [0.1, 0.15) is 31.2 Å². The number of halogens is 1.